The van der Waals surface area contributed by atoms with Crippen LogP contribution in [0.2, 0.25) is 0 Å². The molecule has 1 fully saturated rings. The normalized spacial score (nSPS) is 16.1. The summed E-state index contributed by atoms with van der Waals surface area (Å²) in [5.74, 6) is 1.75. The van der Waals surface area contributed by atoms with Crippen LogP contribution in [0.5, 0.6) is 0 Å². The van der Waals surface area contributed by atoms with Gasteiger partial charge in [-0.25, -0.2) is 0 Å². The monoisotopic (exact) mass is 322 g/mol. The van der Waals surface area contributed by atoms with E-state index in [-0.39, 0.29) is 0 Å². The van der Waals surface area contributed by atoms with Crippen LogP contribution >= 0.6 is 22.6 Å². The van der Waals surface area contributed by atoms with Gasteiger partial charge in [-0.05, 0) is 29.6 Å². The number of alkyl halides is 1. The lowest BCUT2D eigenvalue weighted by Gasteiger charge is -2.25. The van der Waals surface area contributed by atoms with Crippen molar-refractivity contribution in [3.63, 3.8) is 0 Å². The number of unbranched alkanes of at least 4 members (excludes halogenated alkanes) is 1. The topological polar surface area (TPSA) is 35.9 Å². The maximum Gasteiger partial charge on any atom is 0.0931 e. The quantitative estimate of drug-likeness (QED) is 0.231. The minimum absolute atomic E-state index is 0.753. The molecule has 0 aliphatic heterocycles. The lowest BCUT2D eigenvalue weighted by molar-refractivity contribution is 0.291. The Bertz CT molecular complexity index is 178. The first kappa shape index (κ1) is 13.3. The zero-order valence-corrected chi connectivity index (χ0v) is 11.7. The standard InChI is InChI=1S/C12H23IN2/c13-9-1-2-10-15-12(14)8-4-7-11-5-3-6-11/h11H,1-10H2,(H2,14,15). The maximum atomic E-state index is 7.73. The average Bonchev–Trinajstić information content (AvgIpc) is 2.17. The van der Waals surface area contributed by atoms with Gasteiger partial charge in [-0.1, -0.05) is 48.3 Å². The zero-order chi connectivity index (χ0) is 10.9. The summed E-state index contributed by atoms with van der Waals surface area (Å²) >= 11 is 2.40. The fraction of sp³-hybridized carbons (Fsp3) is 0.917. The van der Waals surface area contributed by atoms with Crippen LogP contribution in [0.4, 0.5) is 0 Å². The molecule has 15 heavy (non-hydrogen) atoms. The molecule has 2 N–H and O–H groups in total. The van der Waals surface area contributed by atoms with Crippen molar-refractivity contribution in [2.75, 3.05) is 11.0 Å². The second-order valence-corrected chi connectivity index (χ2v) is 5.57. The van der Waals surface area contributed by atoms with Crippen molar-refractivity contribution in [3.8, 4) is 0 Å². The molecule has 0 spiro atoms. The van der Waals surface area contributed by atoms with Crippen LogP contribution < -0.4 is 5.32 Å². The van der Waals surface area contributed by atoms with Gasteiger partial charge in [-0.2, -0.15) is 0 Å². The van der Waals surface area contributed by atoms with Crippen LogP contribution in [-0.2, 0) is 0 Å². The first-order valence-corrected chi connectivity index (χ1v) is 7.72. The van der Waals surface area contributed by atoms with Crippen molar-refractivity contribution in [1.29, 1.82) is 5.41 Å². The van der Waals surface area contributed by atoms with Gasteiger partial charge < -0.3 is 5.32 Å². The molecule has 0 unspecified atom stereocenters. The summed E-state index contributed by atoms with van der Waals surface area (Å²) in [7, 11) is 0. The predicted octanol–water partition coefficient (Wildman–Crippen LogP) is 3.74. The molecule has 1 aliphatic carbocycles. The third-order valence-electron chi connectivity index (χ3n) is 3.16. The summed E-state index contributed by atoms with van der Waals surface area (Å²) < 4.78 is 1.23. The summed E-state index contributed by atoms with van der Waals surface area (Å²) in [4.78, 5) is 0. The van der Waals surface area contributed by atoms with Crippen LogP contribution in [-0.4, -0.2) is 16.8 Å². The number of hydrogen-bond acceptors (Lipinski definition) is 1. The van der Waals surface area contributed by atoms with Gasteiger partial charge in [0, 0.05) is 13.0 Å². The van der Waals surface area contributed by atoms with Crippen LogP contribution in [0.3, 0.4) is 0 Å². The van der Waals surface area contributed by atoms with E-state index >= 15 is 0 Å². The van der Waals surface area contributed by atoms with Crippen LogP contribution in [0.15, 0.2) is 0 Å². The van der Waals surface area contributed by atoms with Crippen molar-refractivity contribution in [2.24, 2.45) is 5.92 Å². The summed E-state index contributed by atoms with van der Waals surface area (Å²) in [6, 6.07) is 0. The molecular weight excluding hydrogens is 299 g/mol. The molecule has 3 heteroatoms. The van der Waals surface area contributed by atoms with Crippen molar-refractivity contribution in [1.82, 2.24) is 5.32 Å². The van der Waals surface area contributed by atoms with Gasteiger partial charge in [-0.3, -0.25) is 5.41 Å². The number of rotatable bonds is 8. The van der Waals surface area contributed by atoms with Gasteiger partial charge in [0.1, 0.15) is 0 Å². The average molecular weight is 322 g/mol. The van der Waals surface area contributed by atoms with Crippen molar-refractivity contribution in [2.45, 2.75) is 51.4 Å². The minimum atomic E-state index is 0.753. The van der Waals surface area contributed by atoms with Crippen molar-refractivity contribution >= 4 is 28.4 Å². The Morgan fingerprint density at radius 3 is 2.67 bits per heavy atom. The summed E-state index contributed by atoms with van der Waals surface area (Å²) in [5.41, 5.74) is 0. The van der Waals surface area contributed by atoms with E-state index in [0.717, 1.165) is 24.7 Å². The fourth-order valence-corrected chi connectivity index (χ4v) is 2.44. The van der Waals surface area contributed by atoms with E-state index in [0.29, 0.717) is 0 Å². The Morgan fingerprint density at radius 1 is 1.27 bits per heavy atom. The second kappa shape index (κ2) is 8.36. The molecule has 0 radical (unpaired) electrons. The molecule has 0 aromatic carbocycles. The van der Waals surface area contributed by atoms with Gasteiger partial charge in [0.05, 0.1) is 5.84 Å². The third-order valence-corrected chi connectivity index (χ3v) is 3.93. The number of hydrogen-bond donors (Lipinski definition) is 2. The molecule has 2 nitrogen and oxygen atoms in total. The van der Waals surface area contributed by atoms with Crippen LogP contribution in [0.1, 0.15) is 51.4 Å². The maximum absolute atomic E-state index is 7.73. The molecule has 1 saturated carbocycles. The summed E-state index contributed by atoms with van der Waals surface area (Å²) in [6.45, 7) is 0.991. The second-order valence-electron chi connectivity index (χ2n) is 4.49. The third kappa shape index (κ3) is 6.38. The first-order valence-electron chi connectivity index (χ1n) is 6.20. The van der Waals surface area contributed by atoms with E-state index < -0.39 is 0 Å². The van der Waals surface area contributed by atoms with Crippen LogP contribution in [0.25, 0.3) is 0 Å². The van der Waals surface area contributed by atoms with Crippen LogP contribution in [0, 0.1) is 11.3 Å². The molecule has 1 aliphatic rings. The molecular formula is C12H23IN2. The van der Waals surface area contributed by atoms with E-state index in [1.165, 1.54) is 49.4 Å². The fourth-order valence-electron chi connectivity index (χ4n) is 1.90. The molecule has 0 aromatic heterocycles. The molecule has 0 amide bonds. The lowest BCUT2D eigenvalue weighted by Crippen LogP contribution is -2.23. The van der Waals surface area contributed by atoms with Gasteiger partial charge in [0.25, 0.3) is 0 Å². The Hall–Kier alpha value is 0.200. The highest BCUT2D eigenvalue weighted by molar-refractivity contribution is 14.1. The molecule has 0 saturated heterocycles. The Labute approximate surface area is 107 Å². The zero-order valence-electron chi connectivity index (χ0n) is 9.53. The Kier molecular flexibility index (Phi) is 7.40. The van der Waals surface area contributed by atoms with E-state index in [1.54, 1.807) is 0 Å². The highest BCUT2D eigenvalue weighted by atomic mass is 127. The summed E-state index contributed by atoms with van der Waals surface area (Å²) in [5, 5.41) is 10.9. The SMILES string of the molecule is N=C(CCCC1CCC1)NCCCCI. The van der Waals surface area contributed by atoms with Crippen molar-refractivity contribution in [3.05, 3.63) is 0 Å². The lowest BCUT2D eigenvalue weighted by atomic mass is 9.82. The molecule has 0 heterocycles. The largest absolute Gasteiger partial charge is 0.374 e. The number of halogens is 1. The smallest absolute Gasteiger partial charge is 0.0931 e. The Morgan fingerprint density at radius 2 is 2.07 bits per heavy atom. The van der Waals surface area contributed by atoms with Gasteiger partial charge in [0.15, 0.2) is 0 Å². The highest BCUT2D eigenvalue weighted by Gasteiger charge is 2.16. The number of amidine groups is 1. The van der Waals surface area contributed by atoms with Gasteiger partial charge in [-0.15, -0.1) is 0 Å². The van der Waals surface area contributed by atoms with E-state index in [9.17, 15) is 0 Å². The predicted molar refractivity (Wildman–Crippen MR) is 75.0 cm³/mol. The Balaban J connectivity index is 1.84. The molecule has 0 atom stereocenters. The van der Waals surface area contributed by atoms with Gasteiger partial charge in [0.2, 0.25) is 0 Å². The van der Waals surface area contributed by atoms with E-state index in [1.807, 2.05) is 0 Å². The summed E-state index contributed by atoms with van der Waals surface area (Å²) in [6.07, 6.45) is 10.3. The van der Waals surface area contributed by atoms with E-state index in [4.69, 9.17) is 5.41 Å². The first-order chi connectivity index (χ1) is 7.33. The molecule has 88 valence electrons. The minimum Gasteiger partial charge on any atom is -0.374 e. The van der Waals surface area contributed by atoms with Crippen molar-refractivity contribution < 1.29 is 0 Å². The molecule has 0 bridgehead atoms. The van der Waals surface area contributed by atoms with Gasteiger partial charge >= 0.3 is 0 Å². The molecule has 0 aromatic rings. The van der Waals surface area contributed by atoms with E-state index in [2.05, 4.69) is 27.9 Å². The number of nitrogens with one attached hydrogen (secondary N) is 2. The highest BCUT2D eigenvalue weighted by Crippen LogP contribution is 2.30. The molecule has 1 rings (SSSR count).